The van der Waals surface area contributed by atoms with E-state index in [1.807, 2.05) is 0 Å². The Morgan fingerprint density at radius 2 is 1.95 bits per heavy atom. The molecule has 1 fully saturated rings. The van der Waals surface area contributed by atoms with Gasteiger partial charge in [-0.05, 0) is 38.1 Å². The summed E-state index contributed by atoms with van der Waals surface area (Å²) in [6, 6.07) is 2.30. The fourth-order valence-corrected chi connectivity index (χ4v) is 4.16. The molecule has 22 heavy (non-hydrogen) atoms. The van der Waals surface area contributed by atoms with Crippen LogP contribution in [0.4, 0.5) is 4.39 Å². The molecule has 1 saturated heterocycles. The van der Waals surface area contributed by atoms with E-state index in [9.17, 15) is 17.6 Å². The van der Waals surface area contributed by atoms with Gasteiger partial charge in [-0.1, -0.05) is 23.2 Å². The Hall–Kier alpha value is -0.730. The first kappa shape index (κ1) is 17.6. The largest absolute Gasteiger partial charge is 0.317 e. The molecule has 2 rings (SSSR count). The molecule has 1 aliphatic rings. The standard InChI is InChI=1S/C13H15Cl2FN2O3S/c14-8-5-10(13(16)11(15)6-8)12(19)7-18-22(20,21)9-1-3-17-4-2-9/h5-6,9,17-18H,1-4,7H2. The molecule has 122 valence electrons. The van der Waals surface area contributed by atoms with Crippen molar-refractivity contribution in [3.63, 3.8) is 0 Å². The molecule has 0 spiro atoms. The first-order valence-corrected chi connectivity index (χ1v) is 8.98. The zero-order valence-corrected chi connectivity index (χ0v) is 13.9. The highest BCUT2D eigenvalue weighted by Gasteiger charge is 2.28. The van der Waals surface area contributed by atoms with E-state index in [1.165, 1.54) is 6.07 Å². The fourth-order valence-electron chi connectivity index (χ4n) is 2.24. The van der Waals surface area contributed by atoms with Gasteiger partial charge in [0.1, 0.15) is 0 Å². The second-order valence-electron chi connectivity index (χ2n) is 4.99. The monoisotopic (exact) mass is 368 g/mol. The van der Waals surface area contributed by atoms with Gasteiger partial charge in [0.25, 0.3) is 0 Å². The molecule has 0 radical (unpaired) electrons. The topological polar surface area (TPSA) is 75.3 Å². The van der Waals surface area contributed by atoms with Crippen molar-refractivity contribution in [1.29, 1.82) is 0 Å². The number of carbonyl (C=O) groups excluding carboxylic acids is 1. The maximum absolute atomic E-state index is 13.8. The molecule has 0 atom stereocenters. The molecular weight excluding hydrogens is 354 g/mol. The van der Waals surface area contributed by atoms with Crippen LogP contribution >= 0.6 is 23.2 Å². The first-order valence-electron chi connectivity index (χ1n) is 6.68. The number of rotatable bonds is 5. The molecule has 9 heteroatoms. The molecule has 1 heterocycles. The smallest absolute Gasteiger partial charge is 0.214 e. The summed E-state index contributed by atoms with van der Waals surface area (Å²) < 4.78 is 40.3. The van der Waals surface area contributed by atoms with Crippen LogP contribution < -0.4 is 10.0 Å². The van der Waals surface area contributed by atoms with E-state index in [4.69, 9.17) is 23.2 Å². The average Bonchev–Trinajstić information content (AvgIpc) is 2.49. The number of piperidine rings is 1. The molecule has 2 N–H and O–H groups in total. The summed E-state index contributed by atoms with van der Waals surface area (Å²) in [4.78, 5) is 12.0. The van der Waals surface area contributed by atoms with E-state index in [0.29, 0.717) is 25.9 Å². The highest BCUT2D eigenvalue weighted by atomic mass is 35.5. The Morgan fingerprint density at radius 3 is 2.59 bits per heavy atom. The van der Waals surface area contributed by atoms with Crippen LogP contribution in [0.15, 0.2) is 12.1 Å². The molecule has 0 aliphatic carbocycles. The van der Waals surface area contributed by atoms with Gasteiger partial charge in [-0.25, -0.2) is 17.5 Å². The van der Waals surface area contributed by atoms with Crippen LogP contribution in [0.25, 0.3) is 0 Å². The first-order chi connectivity index (χ1) is 10.3. The highest BCUT2D eigenvalue weighted by molar-refractivity contribution is 7.90. The van der Waals surface area contributed by atoms with Gasteiger partial charge in [-0.15, -0.1) is 0 Å². The summed E-state index contributed by atoms with van der Waals surface area (Å²) >= 11 is 11.3. The van der Waals surface area contributed by atoms with Crippen molar-refractivity contribution in [3.8, 4) is 0 Å². The lowest BCUT2D eigenvalue weighted by molar-refractivity contribution is 0.0993. The molecule has 5 nitrogen and oxygen atoms in total. The van der Waals surface area contributed by atoms with Crippen LogP contribution in [-0.2, 0) is 10.0 Å². The van der Waals surface area contributed by atoms with Crippen molar-refractivity contribution in [2.75, 3.05) is 19.6 Å². The molecule has 0 saturated carbocycles. The SMILES string of the molecule is O=C(CNS(=O)(=O)C1CCNCC1)c1cc(Cl)cc(Cl)c1F. The van der Waals surface area contributed by atoms with Crippen molar-refractivity contribution >= 4 is 39.0 Å². The number of halogens is 3. The third-order valence-corrected chi connectivity index (χ3v) is 5.84. The van der Waals surface area contributed by atoms with Crippen LogP contribution in [0.1, 0.15) is 23.2 Å². The van der Waals surface area contributed by atoms with Gasteiger partial charge < -0.3 is 5.32 Å². The number of hydrogen-bond acceptors (Lipinski definition) is 4. The minimum absolute atomic E-state index is 0.107. The maximum Gasteiger partial charge on any atom is 0.214 e. The number of nitrogens with one attached hydrogen (secondary N) is 2. The van der Waals surface area contributed by atoms with Crippen molar-refractivity contribution in [1.82, 2.24) is 10.0 Å². The zero-order valence-electron chi connectivity index (χ0n) is 11.5. The number of sulfonamides is 1. The lowest BCUT2D eigenvalue weighted by Gasteiger charge is -2.22. The maximum atomic E-state index is 13.8. The van der Waals surface area contributed by atoms with E-state index >= 15 is 0 Å². The van der Waals surface area contributed by atoms with Crippen molar-refractivity contribution in [2.24, 2.45) is 0 Å². The Balaban J connectivity index is 2.06. The number of Topliss-reactive ketones (excluding diaryl/α,β-unsaturated/α-hetero) is 1. The normalized spacial score (nSPS) is 16.7. The van der Waals surface area contributed by atoms with Gasteiger partial charge in [0.05, 0.1) is 22.4 Å². The minimum Gasteiger partial charge on any atom is -0.317 e. The Kier molecular flexibility index (Phi) is 5.79. The second-order valence-corrected chi connectivity index (χ2v) is 7.88. The average molecular weight is 369 g/mol. The zero-order chi connectivity index (χ0) is 16.3. The minimum atomic E-state index is -3.62. The molecule has 0 bridgehead atoms. The molecule has 0 aromatic heterocycles. The third-order valence-electron chi connectivity index (χ3n) is 3.45. The van der Waals surface area contributed by atoms with Crippen LogP contribution in [0.5, 0.6) is 0 Å². The lowest BCUT2D eigenvalue weighted by atomic mass is 10.1. The Morgan fingerprint density at radius 1 is 1.32 bits per heavy atom. The third kappa shape index (κ3) is 4.17. The number of hydrogen-bond donors (Lipinski definition) is 2. The highest BCUT2D eigenvalue weighted by Crippen LogP contribution is 2.24. The lowest BCUT2D eigenvalue weighted by Crippen LogP contribution is -2.43. The predicted molar refractivity (Wildman–Crippen MR) is 83.6 cm³/mol. The van der Waals surface area contributed by atoms with Gasteiger partial charge in [0, 0.05) is 5.02 Å². The van der Waals surface area contributed by atoms with E-state index < -0.39 is 33.4 Å². The van der Waals surface area contributed by atoms with E-state index in [0.717, 1.165) is 6.07 Å². The summed E-state index contributed by atoms with van der Waals surface area (Å²) in [6.07, 6.45) is 0.946. The van der Waals surface area contributed by atoms with Gasteiger partial charge >= 0.3 is 0 Å². The van der Waals surface area contributed by atoms with Gasteiger partial charge in [0.2, 0.25) is 10.0 Å². The predicted octanol–water partition coefficient (Wildman–Crippen LogP) is 1.99. The fraction of sp³-hybridized carbons (Fsp3) is 0.462. The number of benzene rings is 1. The van der Waals surface area contributed by atoms with E-state index in [1.54, 1.807) is 0 Å². The van der Waals surface area contributed by atoms with E-state index in [2.05, 4.69) is 10.0 Å². The molecule has 0 amide bonds. The molecule has 1 aliphatic heterocycles. The van der Waals surface area contributed by atoms with Gasteiger partial charge in [0.15, 0.2) is 11.6 Å². The van der Waals surface area contributed by atoms with Crippen molar-refractivity contribution in [3.05, 3.63) is 33.6 Å². The second kappa shape index (κ2) is 7.23. The number of carbonyl (C=O) groups is 1. The van der Waals surface area contributed by atoms with Crippen LogP contribution in [-0.4, -0.2) is 39.1 Å². The molecular formula is C13H15Cl2FN2O3S. The Labute approximate surface area is 138 Å². The van der Waals surface area contributed by atoms with Crippen LogP contribution in [0, 0.1) is 5.82 Å². The molecule has 0 unspecified atom stereocenters. The molecule has 1 aromatic rings. The van der Waals surface area contributed by atoms with Crippen molar-refractivity contribution in [2.45, 2.75) is 18.1 Å². The summed E-state index contributed by atoms with van der Waals surface area (Å²) in [5, 5.41) is 2.34. The van der Waals surface area contributed by atoms with Crippen LogP contribution in [0.3, 0.4) is 0 Å². The van der Waals surface area contributed by atoms with Gasteiger partial charge in [-0.2, -0.15) is 0 Å². The van der Waals surface area contributed by atoms with E-state index in [-0.39, 0.29) is 15.6 Å². The summed E-state index contributed by atoms with van der Waals surface area (Å²) in [6.45, 7) is 0.690. The summed E-state index contributed by atoms with van der Waals surface area (Å²) in [5.74, 6) is -1.63. The number of ketones is 1. The quantitative estimate of drug-likeness (QED) is 0.615. The van der Waals surface area contributed by atoms with Gasteiger partial charge in [-0.3, -0.25) is 4.79 Å². The summed E-state index contributed by atoms with van der Waals surface area (Å²) in [7, 11) is -3.62. The van der Waals surface area contributed by atoms with Crippen LogP contribution in [0.2, 0.25) is 10.0 Å². The van der Waals surface area contributed by atoms with Crippen molar-refractivity contribution < 1.29 is 17.6 Å². The summed E-state index contributed by atoms with van der Waals surface area (Å²) in [5.41, 5.74) is -0.328. The Bertz CT molecular complexity index is 676. The molecule has 1 aromatic carbocycles.